The molecule has 0 aromatic carbocycles. The maximum Gasteiger partial charge on any atom is 0.330 e. The van der Waals surface area contributed by atoms with Gasteiger partial charge in [0.05, 0.1) is 32.5 Å². The van der Waals surface area contributed by atoms with Crippen LogP contribution in [0.25, 0.3) is 11.2 Å². The van der Waals surface area contributed by atoms with Gasteiger partial charge in [-0.15, -0.1) is 0 Å². The molecule has 1 aliphatic rings. The Morgan fingerprint density at radius 1 is 1.28 bits per heavy atom. The second kappa shape index (κ2) is 8.60. The average molecular weight is 398 g/mol. The Labute approximate surface area is 168 Å². The summed E-state index contributed by atoms with van der Waals surface area (Å²) in [7, 11) is 1.58. The summed E-state index contributed by atoms with van der Waals surface area (Å²) in [5.41, 5.74) is 2.11. The topological polar surface area (TPSA) is 96.1 Å². The highest BCUT2D eigenvalue weighted by atomic mass is 16.5. The molecule has 29 heavy (non-hydrogen) atoms. The molecular weight excluding hydrogens is 372 g/mol. The molecular formula is C20H26N6O3. The van der Waals surface area contributed by atoms with E-state index in [1.807, 2.05) is 10.6 Å². The fourth-order valence-electron chi connectivity index (χ4n) is 3.58. The molecule has 0 bridgehead atoms. The predicted octanol–water partition coefficient (Wildman–Crippen LogP) is 1.76. The van der Waals surface area contributed by atoms with Gasteiger partial charge in [0.2, 0.25) is 5.88 Å². The molecule has 0 saturated carbocycles. The van der Waals surface area contributed by atoms with Crippen molar-refractivity contribution < 1.29 is 9.47 Å². The van der Waals surface area contributed by atoms with Gasteiger partial charge >= 0.3 is 11.7 Å². The number of imidazole rings is 1. The molecule has 1 unspecified atom stereocenters. The molecule has 9 nitrogen and oxygen atoms in total. The molecule has 0 amide bonds. The van der Waals surface area contributed by atoms with E-state index in [1.54, 1.807) is 30.1 Å². The van der Waals surface area contributed by atoms with E-state index in [0.717, 1.165) is 43.4 Å². The maximum atomic E-state index is 13.3. The van der Waals surface area contributed by atoms with Gasteiger partial charge in [0.15, 0.2) is 5.65 Å². The van der Waals surface area contributed by atoms with Gasteiger partial charge in [0, 0.05) is 18.8 Å². The third kappa shape index (κ3) is 3.95. The zero-order valence-electron chi connectivity index (χ0n) is 16.8. The van der Waals surface area contributed by atoms with E-state index >= 15 is 0 Å². The number of nitrogens with one attached hydrogen (secondary N) is 1. The fraction of sp³-hybridized carbons (Fsp3) is 0.500. The first-order valence-corrected chi connectivity index (χ1v) is 10.0. The van der Waals surface area contributed by atoms with Crippen molar-refractivity contribution in [3.63, 3.8) is 0 Å². The van der Waals surface area contributed by atoms with E-state index in [9.17, 15) is 4.79 Å². The molecule has 4 rings (SSSR count). The summed E-state index contributed by atoms with van der Waals surface area (Å²) < 4.78 is 14.3. The van der Waals surface area contributed by atoms with Crippen LogP contribution in [0.3, 0.4) is 0 Å². The molecule has 1 atom stereocenters. The summed E-state index contributed by atoms with van der Waals surface area (Å²) in [5.74, 6) is 0.537. The van der Waals surface area contributed by atoms with Crippen LogP contribution in [0, 0.1) is 0 Å². The van der Waals surface area contributed by atoms with Crippen LogP contribution in [0.1, 0.15) is 37.8 Å². The quantitative estimate of drug-likeness (QED) is 0.578. The van der Waals surface area contributed by atoms with Crippen LogP contribution in [0.5, 0.6) is 11.9 Å². The highest BCUT2D eigenvalue weighted by Crippen LogP contribution is 2.22. The number of fused-ring (bicyclic) bond motifs is 1. The predicted molar refractivity (Wildman–Crippen MR) is 109 cm³/mol. The van der Waals surface area contributed by atoms with E-state index in [1.165, 1.54) is 0 Å². The number of nitrogens with zero attached hydrogens (tertiary/aromatic N) is 5. The summed E-state index contributed by atoms with van der Waals surface area (Å²) in [4.78, 5) is 26.5. The van der Waals surface area contributed by atoms with E-state index in [0.29, 0.717) is 30.7 Å². The first kappa shape index (κ1) is 19.4. The number of aromatic nitrogens is 5. The van der Waals surface area contributed by atoms with Gasteiger partial charge in [0.25, 0.3) is 0 Å². The second-order valence-electron chi connectivity index (χ2n) is 7.16. The molecule has 1 saturated heterocycles. The van der Waals surface area contributed by atoms with Crippen LogP contribution in [0.4, 0.5) is 0 Å². The molecule has 9 heteroatoms. The monoisotopic (exact) mass is 398 g/mol. The lowest BCUT2D eigenvalue weighted by atomic mass is 10.2. The fourth-order valence-corrected chi connectivity index (χ4v) is 3.58. The molecule has 0 aliphatic carbocycles. The SMILES string of the molecule is CCCCOc1ncc2c(n1)n(Cc1ccc(OC)nc1)c(=O)n2C1CCNC1. The number of hydrogen-bond acceptors (Lipinski definition) is 7. The number of rotatable bonds is 8. The van der Waals surface area contributed by atoms with Crippen molar-refractivity contribution in [2.75, 3.05) is 26.8 Å². The van der Waals surface area contributed by atoms with Gasteiger partial charge in [-0.1, -0.05) is 19.4 Å². The van der Waals surface area contributed by atoms with Crippen LogP contribution in [-0.4, -0.2) is 50.9 Å². The van der Waals surface area contributed by atoms with Gasteiger partial charge in [-0.3, -0.25) is 9.13 Å². The van der Waals surface area contributed by atoms with Crippen molar-refractivity contribution >= 4 is 11.2 Å². The van der Waals surface area contributed by atoms with Crippen molar-refractivity contribution in [1.82, 2.24) is 29.4 Å². The first-order valence-electron chi connectivity index (χ1n) is 10.0. The summed E-state index contributed by atoms with van der Waals surface area (Å²) >= 11 is 0. The van der Waals surface area contributed by atoms with E-state index in [2.05, 4.69) is 27.2 Å². The highest BCUT2D eigenvalue weighted by molar-refractivity contribution is 5.71. The van der Waals surface area contributed by atoms with Crippen molar-refractivity contribution in [2.45, 2.75) is 38.8 Å². The van der Waals surface area contributed by atoms with Crippen molar-refractivity contribution in [3.05, 3.63) is 40.6 Å². The lowest BCUT2D eigenvalue weighted by Gasteiger charge is -2.10. The minimum atomic E-state index is -0.0930. The Balaban J connectivity index is 1.75. The van der Waals surface area contributed by atoms with Crippen LogP contribution in [0.2, 0.25) is 0 Å². The van der Waals surface area contributed by atoms with Crippen LogP contribution in [0.15, 0.2) is 29.3 Å². The smallest absolute Gasteiger partial charge is 0.330 e. The van der Waals surface area contributed by atoms with Crippen LogP contribution < -0.4 is 20.5 Å². The maximum absolute atomic E-state index is 13.3. The Morgan fingerprint density at radius 3 is 2.86 bits per heavy atom. The van der Waals surface area contributed by atoms with Gasteiger partial charge in [-0.25, -0.2) is 14.8 Å². The standard InChI is InChI=1S/C20H26N6O3/c1-3-4-9-29-19-23-12-16-18(24-19)25(13-14-5-6-17(28-2)22-10-14)20(27)26(16)15-7-8-21-11-15/h5-6,10,12,15,21H,3-4,7-9,11,13H2,1-2H3. The molecule has 1 aliphatic heterocycles. The number of methoxy groups -OCH3 is 1. The van der Waals surface area contributed by atoms with Gasteiger partial charge in [0.1, 0.15) is 5.52 Å². The summed E-state index contributed by atoms with van der Waals surface area (Å²) in [6.07, 6.45) is 6.28. The van der Waals surface area contributed by atoms with E-state index in [4.69, 9.17) is 9.47 Å². The lowest BCUT2D eigenvalue weighted by Crippen LogP contribution is -2.29. The van der Waals surface area contributed by atoms with Crippen molar-refractivity contribution in [3.8, 4) is 11.9 Å². The third-order valence-corrected chi connectivity index (χ3v) is 5.16. The third-order valence-electron chi connectivity index (χ3n) is 5.16. The zero-order chi connectivity index (χ0) is 20.2. The van der Waals surface area contributed by atoms with Gasteiger partial charge in [-0.2, -0.15) is 4.98 Å². The molecule has 3 aromatic rings. The molecule has 0 spiro atoms. The van der Waals surface area contributed by atoms with E-state index in [-0.39, 0.29) is 11.7 Å². The zero-order valence-corrected chi connectivity index (χ0v) is 16.8. The number of pyridine rings is 1. The summed E-state index contributed by atoms with van der Waals surface area (Å²) in [6.45, 7) is 4.68. The van der Waals surface area contributed by atoms with Crippen molar-refractivity contribution in [1.29, 1.82) is 0 Å². The average Bonchev–Trinajstić information content (AvgIpc) is 3.36. The lowest BCUT2D eigenvalue weighted by molar-refractivity contribution is 0.286. The van der Waals surface area contributed by atoms with Crippen molar-refractivity contribution in [2.24, 2.45) is 0 Å². The molecule has 1 N–H and O–H groups in total. The summed E-state index contributed by atoms with van der Waals surface area (Å²) in [5, 5.41) is 3.32. The number of ether oxygens (including phenoxy) is 2. The second-order valence-corrected chi connectivity index (χ2v) is 7.16. The Morgan fingerprint density at radius 2 is 2.17 bits per heavy atom. The number of hydrogen-bond donors (Lipinski definition) is 1. The minimum absolute atomic E-state index is 0.0930. The number of unbranched alkanes of at least 4 members (excludes halogenated alkanes) is 1. The Hall–Kier alpha value is -2.94. The minimum Gasteiger partial charge on any atom is -0.481 e. The highest BCUT2D eigenvalue weighted by Gasteiger charge is 2.25. The normalized spacial score (nSPS) is 16.4. The Kier molecular flexibility index (Phi) is 5.75. The Bertz CT molecular complexity index is 1020. The first-order chi connectivity index (χ1) is 14.2. The molecule has 1 fully saturated rings. The van der Waals surface area contributed by atoms with E-state index < -0.39 is 0 Å². The van der Waals surface area contributed by atoms with Crippen LogP contribution in [-0.2, 0) is 6.54 Å². The molecule has 3 aromatic heterocycles. The molecule has 4 heterocycles. The largest absolute Gasteiger partial charge is 0.481 e. The van der Waals surface area contributed by atoms with Crippen LogP contribution >= 0.6 is 0 Å². The van der Waals surface area contributed by atoms with Gasteiger partial charge in [-0.05, 0) is 24.9 Å². The van der Waals surface area contributed by atoms with Gasteiger partial charge < -0.3 is 14.8 Å². The molecule has 0 radical (unpaired) electrons. The summed E-state index contributed by atoms with van der Waals surface area (Å²) in [6, 6.07) is 4.08. The molecule has 154 valence electrons.